The van der Waals surface area contributed by atoms with E-state index >= 15 is 0 Å². The third-order valence-electron chi connectivity index (χ3n) is 4.41. The first kappa shape index (κ1) is 16.1. The number of carbonyl (C=O) groups excluding carboxylic acids is 1. The lowest BCUT2D eigenvalue weighted by molar-refractivity contribution is -0.137. The summed E-state index contributed by atoms with van der Waals surface area (Å²) in [5.41, 5.74) is 0. The second kappa shape index (κ2) is 7.11. The molecule has 2 aliphatic rings. The highest BCUT2D eigenvalue weighted by molar-refractivity contribution is 5.75. The summed E-state index contributed by atoms with van der Waals surface area (Å²) in [7, 11) is 0. The van der Waals surface area contributed by atoms with E-state index in [1.165, 1.54) is 0 Å². The summed E-state index contributed by atoms with van der Waals surface area (Å²) >= 11 is 0. The maximum absolute atomic E-state index is 12.7. The average molecular weight is 298 g/mol. The normalized spacial score (nSPS) is 30.3. The van der Waals surface area contributed by atoms with E-state index in [2.05, 4.69) is 0 Å². The number of hydrogen-bond acceptors (Lipinski definition) is 3. The lowest BCUT2D eigenvalue weighted by Gasteiger charge is -2.42. The number of amides is 2. The Morgan fingerprint density at radius 2 is 2.05 bits per heavy atom. The summed E-state index contributed by atoms with van der Waals surface area (Å²) in [5.74, 6) is -0.443. The summed E-state index contributed by atoms with van der Waals surface area (Å²) in [6, 6.07) is 0.186. The lowest BCUT2D eigenvalue weighted by Crippen LogP contribution is -2.56. The molecule has 2 fully saturated rings. The Bertz CT molecular complexity index is 388. The van der Waals surface area contributed by atoms with Crippen LogP contribution in [-0.2, 0) is 9.53 Å². The van der Waals surface area contributed by atoms with E-state index < -0.39 is 5.97 Å². The molecule has 3 atom stereocenters. The second-order valence-corrected chi connectivity index (χ2v) is 6.31. The van der Waals surface area contributed by atoms with Crippen molar-refractivity contribution < 1.29 is 19.4 Å². The van der Waals surface area contributed by atoms with Crippen LogP contribution in [0.2, 0.25) is 0 Å². The topological polar surface area (TPSA) is 70.1 Å². The van der Waals surface area contributed by atoms with Crippen molar-refractivity contribution in [2.24, 2.45) is 5.92 Å². The Morgan fingerprint density at radius 3 is 2.76 bits per heavy atom. The molecule has 2 aliphatic heterocycles. The lowest BCUT2D eigenvalue weighted by atomic mass is 9.93. The van der Waals surface area contributed by atoms with E-state index in [-0.39, 0.29) is 24.6 Å². The molecule has 0 aliphatic carbocycles. The van der Waals surface area contributed by atoms with Crippen molar-refractivity contribution in [3.8, 4) is 0 Å². The SMILES string of the molecule is CC1CN(C(=O)N2CCCC(CCC(=O)O)C2)C(C)CO1. The highest BCUT2D eigenvalue weighted by Crippen LogP contribution is 2.23. The van der Waals surface area contributed by atoms with E-state index in [4.69, 9.17) is 9.84 Å². The number of carboxylic acid groups (broad SMARTS) is 1. The van der Waals surface area contributed by atoms with Crippen LogP contribution < -0.4 is 0 Å². The first-order valence-corrected chi connectivity index (χ1v) is 7.86. The summed E-state index contributed by atoms with van der Waals surface area (Å²) in [4.78, 5) is 27.1. The van der Waals surface area contributed by atoms with Gasteiger partial charge < -0.3 is 19.6 Å². The van der Waals surface area contributed by atoms with Gasteiger partial charge in [-0.25, -0.2) is 4.79 Å². The van der Waals surface area contributed by atoms with Gasteiger partial charge in [0.25, 0.3) is 0 Å². The zero-order chi connectivity index (χ0) is 15.4. The van der Waals surface area contributed by atoms with Crippen molar-refractivity contribution in [3.63, 3.8) is 0 Å². The maximum atomic E-state index is 12.7. The fourth-order valence-electron chi connectivity index (χ4n) is 3.15. The van der Waals surface area contributed by atoms with Gasteiger partial charge in [-0.15, -0.1) is 0 Å². The second-order valence-electron chi connectivity index (χ2n) is 6.31. The average Bonchev–Trinajstić information content (AvgIpc) is 2.47. The van der Waals surface area contributed by atoms with Crippen molar-refractivity contribution in [2.75, 3.05) is 26.2 Å². The molecule has 2 heterocycles. The van der Waals surface area contributed by atoms with Crippen molar-refractivity contribution in [3.05, 3.63) is 0 Å². The fourth-order valence-corrected chi connectivity index (χ4v) is 3.15. The molecule has 0 aromatic rings. The smallest absolute Gasteiger partial charge is 0.320 e. The largest absolute Gasteiger partial charge is 0.481 e. The Labute approximate surface area is 126 Å². The fraction of sp³-hybridized carbons (Fsp3) is 0.867. The number of rotatable bonds is 3. The first-order valence-electron chi connectivity index (χ1n) is 7.86. The van der Waals surface area contributed by atoms with Crippen LogP contribution in [0.3, 0.4) is 0 Å². The molecule has 120 valence electrons. The van der Waals surface area contributed by atoms with E-state index in [1.54, 1.807) is 0 Å². The van der Waals surface area contributed by atoms with Gasteiger partial charge in [0.2, 0.25) is 0 Å². The van der Waals surface area contributed by atoms with Gasteiger partial charge in [0, 0.05) is 26.1 Å². The van der Waals surface area contributed by atoms with Crippen LogP contribution in [0.15, 0.2) is 0 Å². The molecule has 0 aromatic heterocycles. The molecule has 2 saturated heterocycles. The van der Waals surface area contributed by atoms with Crippen molar-refractivity contribution >= 4 is 12.0 Å². The molecule has 0 saturated carbocycles. The molecule has 0 spiro atoms. The number of carbonyl (C=O) groups is 2. The van der Waals surface area contributed by atoms with Gasteiger partial charge in [0.15, 0.2) is 0 Å². The van der Waals surface area contributed by atoms with Crippen molar-refractivity contribution in [1.29, 1.82) is 0 Å². The molecule has 0 radical (unpaired) electrons. The van der Waals surface area contributed by atoms with Crippen molar-refractivity contribution in [2.45, 2.75) is 51.7 Å². The Balaban J connectivity index is 1.90. The number of aliphatic carboxylic acids is 1. The molecule has 6 nitrogen and oxygen atoms in total. The molecule has 6 heteroatoms. The molecule has 0 bridgehead atoms. The summed E-state index contributed by atoms with van der Waals surface area (Å²) in [5, 5.41) is 8.78. The zero-order valence-corrected chi connectivity index (χ0v) is 13.0. The molecule has 0 aromatic carbocycles. The number of carboxylic acids is 1. The molecular weight excluding hydrogens is 272 g/mol. The number of urea groups is 1. The number of morpholine rings is 1. The van der Waals surface area contributed by atoms with Gasteiger partial charge >= 0.3 is 12.0 Å². The molecule has 1 N–H and O–H groups in total. The monoisotopic (exact) mass is 298 g/mol. The first-order chi connectivity index (χ1) is 9.97. The standard InChI is InChI=1S/C15H26N2O4/c1-11-10-21-12(2)8-17(11)15(20)16-7-3-4-13(9-16)5-6-14(18)19/h11-13H,3-10H2,1-2H3,(H,18,19). The summed E-state index contributed by atoms with van der Waals surface area (Å²) in [6.07, 6.45) is 2.92. The highest BCUT2D eigenvalue weighted by atomic mass is 16.5. The van der Waals surface area contributed by atoms with Gasteiger partial charge in [-0.05, 0) is 39.0 Å². The molecule has 2 rings (SSSR count). The van der Waals surface area contributed by atoms with E-state index in [0.29, 0.717) is 32.0 Å². The predicted octanol–water partition coefficient (Wildman–Crippen LogP) is 1.79. The van der Waals surface area contributed by atoms with E-state index in [9.17, 15) is 9.59 Å². The number of piperidine rings is 1. The summed E-state index contributed by atoms with van der Waals surface area (Å²) < 4.78 is 5.57. The third-order valence-corrected chi connectivity index (χ3v) is 4.41. The Kier molecular flexibility index (Phi) is 5.45. The van der Waals surface area contributed by atoms with Crippen molar-refractivity contribution in [1.82, 2.24) is 9.80 Å². The Hall–Kier alpha value is -1.30. The highest BCUT2D eigenvalue weighted by Gasteiger charge is 2.32. The van der Waals surface area contributed by atoms with Gasteiger partial charge in [-0.3, -0.25) is 4.79 Å². The zero-order valence-electron chi connectivity index (χ0n) is 13.0. The minimum absolute atomic E-state index is 0.0812. The van der Waals surface area contributed by atoms with Crippen LogP contribution in [0.4, 0.5) is 4.79 Å². The summed E-state index contributed by atoms with van der Waals surface area (Å²) in [6.45, 7) is 6.68. The number of nitrogens with zero attached hydrogens (tertiary/aromatic N) is 2. The molecule has 3 unspecified atom stereocenters. The molecule has 21 heavy (non-hydrogen) atoms. The van der Waals surface area contributed by atoms with Crippen LogP contribution in [0.1, 0.15) is 39.5 Å². The maximum Gasteiger partial charge on any atom is 0.320 e. The van der Waals surface area contributed by atoms with Gasteiger partial charge in [0.05, 0.1) is 18.8 Å². The number of likely N-dealkylation sites (tertiary alicyclic amines) is 1. The minimum atomic E-state index is -0.755. The van der Waals surface area contributed by atoms with Crippen LogP contribution in [0.5, 0.6) is 0 Å². The quantitative estimate of drug-likeness (QED) is 0.862. The number of hydrogen-bond donors (Lipinski definition) is 1. The van der Waals surface area contributed by atoms with E-state index in [1.807, 2.05) is 23.6 Å². The van der Waals surface area contributed by atoms with Gasteiger partial charge in [0.1, 0.15) is 0 Å². The predicted molar refractivity (Wildman–Crippen MR) is 78.1 cm³/mol. The van der Waals surface area contributed by atoms with Gasteiger partial charge in [-0.2, -0.15) is 0 Å². The van der Waals surface area contributed by atoms with Gasteiger partial charge in [-0.1, -0.05) is 0 Å². The van der Waals surface area contributed by atoms with Crippen LogP contribution in [0, 0.1) is 5.92 Å². The van der Waals surface area contributed by atoms with E-state index in [0.717, 1.165) is 19.4 Å². The Morgan fingerprint density at radius 1 is 1.29 bits per heavy atom. The minimum Gasteiger partial charge on any atom is -0.481 e. The molecule has 2 amide bonds. The van der Waals surface area contributed by atoms with Crippen LogP contribution >= 0.6 is 0 Å². The number of ether oxygens (including phenoxy) is 1. The van der Waals surface area contributed by atoms with Crippen LogP contribution in [0.25, 0.3) is 0 Å². The molecular formula is C15H26N2O4. The third kappa shape index (κ3) is 4.33. The van der Waals surface area contributed by atoms with Crippen LogP contribution in [-0.4, -0.2) is 65.3 Å².